The van der Waals surface area contributed by atoms with Crippen LogP contribution in [0.3, 0.4) is 0 Å². The van der Waals surface area contributed by atoms with Crippen LogP contribution in [0.25, 0.3) is 11.0 Å². The molecule has 0 aliphatic heterocycles. The minimum atomic E-state index is -0.388. The smallest absolute Gasteiger partial charge is 0.341 e. The lowest BCUT2D eigenvalue weighted by Gasteiger charge is -2.19. The molecule has 0 bridgehead atoms. The maximum Gasteiger partial charge on any atom is 0.341 e. The predicted octanol–water partition coefficient (Wildman–Crippen LogP) is 3.51. The van der Waals surface area contributed by atoms with Gasteiger partial charge >= 0.3 is 5.97 Å². The van der Waals surface area contributed by atoms with Crippen LogP contribution in [0, 0.1) is 20.8 Å². The topological polar surface area (TPSA) is 81.9 Å². The van der Waals surface area contributed by atoms with Crippen molar-refractivity contribution >= 4 is 22.7 Å². The quantitative estimate of drug-likeness (QED) is 0.658. The van der Waals surface area contributed by atoms with Crippen LogP contribution in [0.1, 0.15) is 46.9 Å². The summed E-state index contributed by atoms with van der Waals surface area (Å²) in [5.74, 6) is -0.388. The Bertz CT molecular complexity index is 1030. The van der Waals surface area contributed by atoms with Gasteiger partial charge in [0, 0.05) is 36.1 Å². The molecule has 0 saturated carbocycles. The number of pyridine rings is 2. The largest absolute Gasteiger partial charge is 0.462 e. The minimum Gasteiger partial charge on any atom is -0.462 e. The van der Waals surface area contributed by atoms with E-state index in [-0.39, 0.29) is 12.0 Å². The zero-order valence-electron chi connectivity index (χ0n) is 17.3. The standard InChI is InChI=1S/C21H27N5O2/c1-7-28-21(27)18-11-22-20-16(9-8-12(2)24-20)19(18)23-13(3)10-17-14(4)25-26(6)15(17)5/h8-9,11,13H,7,10H2,1-6H3,(H,22,23,24)/t13-/m1/s1. The Labute approximate surface area is 165 Å². The summed E-state index contributed by atoms with van der Waals surface area (Å²) in [7, 11) is 1.95. The van der Waals surface area contributed by atoms with Gasteiger partial charge in [-0.1, -0.05) is 0 Å². The Morgan fingerprint density at radius 1 is 1.29 bits per heavy atom. The Kier molecular flexibility index (Phi) is 5.63. The highest BCUT2D eigenvalue weighted by Crippen LogP contribution is 2.27. The van der Waals surface area contributed by atoms with Crippen molar-refractivity contribution in [2.45, 2.75) is 47.1 Å². The number of aryl methyl sites for hydroxylation is 3. The van der Waals surface area contributed by atoms with Crippen LogP contribution in [0.2, 0.25) is 0 Å². The monoisotopic (exact) mass is 381 g/mol. The van der Waals surface area contributed by atoms with Crippen LogP contribution < -0.4 is 5.32 Å². The number of hydrogen-bond donors (Lipinski definition) is 1. The first kappa shape index (κ1) is 19.8. The fourth-order valence-corrected chi connectivity index (χ4v) is 3.41. The van der Waals surface area contributed by atoms with E-state index in [0.717, 1.165) is 28.9 Å². The Morgan fingerprint density at radius 2 is 2.04 bits per heavy atom. The number of hydrogen-bond acceptors (Lipinski definition) is 6. The summed E-state index contributed by atoms with van der Waals surface area (Å²) in [6.07, 6.45) is 2.33. The minimum absolute atomic E-state index is 0.0710. The molecule has 0 spiro atoms. The number of ether oxygens (including phenoxy) is 1. The highest BCUT2D eigenvalue weighted by atomic mass is 16.5. The molecule has 1 N–H and O–H groups in total. The number of fused-ring (bicyclic) bond motifs is 1. The third kappa shape index (κ3) is 3.83. The third-order valence-corrected chi connectivity index (χ3v) is 4.92. The van der Waals surface area contributed by atoms with Gasteiger partial charge in [0.2, 0.25) is 0 Å². The summed E-state index contributed by atoms with van der Waals surface area (Å²) >= 11 is 0. The van der Waals surface area contributed by atoms with Gasteiger partial charge in [0.05, 0.1) is 18.0 Å². The van der Waals surface area contributed by atoms with Crippen molar-refractivity contribution < 1.29 is 9.53 Å². The number of rotatable bonds is 6. The second-order valence-electron chi connectivity index (χ2n) is 7.11. The highest BCUT2D eigenvalue weighted by Gasteiger charge is 2.20. The van der Waals surface area contributed by atoms with Crippen molar-refractivity contribution in [3.05, 3.63) is 46.5 Å². The van der Waals surface area contributed by atoms with Crippen molar-refractivity contribution in [2.75, 3.05) is 11.9 Å². The Balaban J connectivity index is 1.99. The molecule has 3 aromatic rings. The zero-order valence-corrected chi connectivity index (χ0v) is 17.3. The molecule has 0 aliphatic rings. The number of nitrogens with one attached hydrogen (secondary N) is 1. The van der Waals surface area contributed by atoms with E-state index in [2.05, 4.69) is 34.2 Å². The van der Waals surface area contributed by atoms with Gasteiger partial charge in [-0.3, -0.25) is 4.68 Å². The van der Waals surface area contributed by atoms with Gasteiger partial charge in [-0.25, -0.2) is 14.8 Å². The summed E-state index contributed by atoms with van der Waals surface area (Å²) in [6, 6.07) is 3.94. The van der Waals surface area contributed by atoms with E-state index in [4.69, 9.17) is 4.74 Å². The summed E-state index contributed by atoms with van der Waals surface area (Å²) in [5, 5.41) is 8.81. The van der Waals surface area contributed by atoms with Crippen LogP contribution in [-0.4, -0.2) is 38.4 Å². The summed E-state index contributed by atoms with van der Waals surface area (Å²) in [4.78, 5) is 21.3. The number of aromatic nitrogens is 4. The number of anilines is 1. The lowest BCUT2D eigenvalue weighted by atomic mass is 10.0. The molecule has 0 radical (unpaired) electrons. The van der Waals surface area contributed by atoms with Gasteiger partial charge in [0.15, 0.2) is 5.65 Å². The Morgan fingerprint density at radius 3 is 2.68 bits per heavy atom. The molecule has 1 atom stereocenters. The number of esters is 1. The average Bonchev–Trinajstić information content (AvgIpc) is 2.88. The molecule has 0 unspecified atom stereocenters. The summed E-state index contributed by atoms with van der Waals surface area (Å²) in [6.45, 7) is 10.2. The maximum atomic E-state index is 12.5. The molecule has 3 heterocycles. The van der Waals surface area contributed by atoms with Gasteiger partial charge in [0.1, 0.15) is 5.56 Å². The first-order valence-electron chi connectivity index (χ1n) is 9.50. The van der Waals surface area contributed by atoms with Crippen LogP contribution in [-0.2, 0) is 18.2 Å². The van der Waals surface area contributed by atoms with E-state index in [1.165, 1.54) is 5.56 Å². The van der Waals surface area contributed by atoms with Crippen LogP contribution >= 0.6 is 0 Å². The fraction of sp³-hybridized carbons (Fsp3) is 0.429. The van der Waals surface area contributed by atoms with Crippen LogP contribution in [0.15, 0.2) is 18.3 Å². The van der Waals surface area contributed by atoms with Gasteiger partial charge < -0.3 is 10.1 Å². The van der Waals surface area contributed by atoms with Crippen LogP contribution in [0.4, 0.5) is 5.69 Å². The van der Waals surface area contributed by atoms with E-state index >= 15 is 0 Å². The zero-order chi connectivity index (χ0) is 20.4. The van der Waals surface area contributed by atoms with Gasteiger partial charge in [-0.05, 0) is 58.7 Å². The lowest BCUT2D eigenvalue weighted by molar-refractivity contribution is 0.0527. The molecule has 28 heavy (non-hydrogen) atoms. The summed E-state index contributed by atoms with van der Waals surface area (Å²) in [5.41, 5.74) is 6.01. The number of carbonyl (C=O) groups excluding carboxylic acids is 1. The number of carbonyl (C=O) groups is 1. The number of nitrogens with zero attached hydrogens (tertiary/aromatic N) is 4. The molecule has 0 saturated heterocycles. The first-order chi connectivity index (χ1) is 13.3. The van der Waals surface area contributed by atoms with E-state index < -0.39 is 0 Å². The molecule has 0 fully saturated rings. The molecule has 0 amide bonds. The predicted molar refractivity (Wildman–Crippen MR) is 110 cm³/mol. The molecule has 7 nitrogen and oxygen atoms in total. The van der Waals surface area contributed by atoms with Crippen molar-refractivity contribution in [1.82, 2.24) is 19.7 Å². The molecule has 0 aromatic carbocycles. The van der Waals surface area contributed by atoms with Gasteiger partial charge in [-0.15, -0.1) is 0 Å². The maximum absolute atomic E-state index is 12.5. The molecule has 0 aliphatic carbocycles. The Hall–Kier alpha value is -2.96. The van der Waals surface area contributed by atoms with E-state index in [0.29, 0.717) is 23.5 Å². The average molecular weight is 381 g/mol. The SMILES string of the molecule is CCOC(=O)c1cnc2nc(C)ccc2c1N[C@H](C)Cc1c(C)nn(C)c1C. The first-order valence-corrected chi connectivity index (χ1v) is 9.50. The summed E-state index contributed by atoms with van der Waals surface area (Å²) < 4.78 is 7.13. The van der Waals surface area contributed by atoms with E-state index in [9.17, 15) is 4.79 Å². The van der Waals surface area contributed by atoms with Crippen molar-refractivity contribution in [1.29, 1.82) is 0 Å². The molecule has 3 aromatic heterocycles. The van der Waals surface area contributed by atoms with Gasteiger partial charge in [-0.2, -0.15) is 5.10 Å². The van der Waals surface area contributed by atoms with E-state index in [1.807, 2.05) is 37.7 Å². The lowest BCUT2D eigenvalue weighted by Crippen LogP contribution is -2.21. The molecular weight excluding hydrogens is 354 g/mol. The third-order valence-electron chi connectivity index (χ3n) is 4.92. The second kappa shape index (κ2) is 7.96. The molecule has 3 rings (SSSR count). The molecule has 7 heteroatoms. The van der Waals surface area contributed by atoms with Crippen molar-refractivity contribution in [3.8, 4) is 0 Å². The molecular formula is C21H27N5O2. The van der Waals surface area contributed by atoms with E-state index in [1.54, 1.807) is 13.1 Å². The second-order valence-corrected chi connectivity index (χ2v) is 7.11. The van der Waals surface area contributed by atoms with Crippen LogP contribution in [0.5, 0.6) is 0 Å². The van der Waals surface area contributed by atoms with Crippen molar-refractivity contribution in [3.63, 3.8) is 0 Å². The normalized spacial score (nSPS) is 12.2. The van der Waals surface area contributed by atoms with Crippen molar-refractivity contribution in [2.24, 2.45) is 7.05 Å². The highest BCUT2D eigenvalue weighted by molar-refractivity contribution is 6.04. The van der Waals surface area contributed by atoms with Gasteiger partial charge in [0.25, 0.3) is 0 Å². The fourth-order valence-electron chi connectivity index (χ4n) is 3.41. The molecule has 148 valence electrons.